The molecular formula is C9H12BrIN2. The van der Waals surface area contributed by atoms with E-state index < -0.39 is 0 Å². The van der Waals surface area contributed by atoms with Crippen LogP contribution in [0.25, 0.3) is 0 Å². The van der Waals surface area contributed by atoms with Crippen molar-refractivity contribution in [1.82, 2.24) is 9.97 Å². The van der Waals surface area contributed by atoms with Crippen molar-refractivity contribution in [3.8, 4) is 0 Å². The van der Waals surface area contributed by atoms with Gasteiger partial charge >= 0.3 is 0 Å². The van der Waals surface area contributed by atoms with Gasteiger partial charge in [0.1, 0.15) is 6.33 Å². The molecule has 0 aromatic carbocycles. The highest BCUT2D eigenvalue weighted by Gasteiger charge is 2.17. The molecule has 0 bridgehead atoms. The summed E-state index contributed by atoms with van der Waals surface area (Å²) in [5.74, 6) is 0.444. The lowest BCUT2D eigenvalue weighted by Gasteiger charge is -2.16. The van der Waals surface area contributed by atoms with Crippen LogP contribution in [0.3, 0.4) is 0 Å². The van der Waals surface area contributed by atoms with Crippen LogP contribution in [-0.4, -0.2) is 14.8 Å². The molecule has 13 heavy (non-hydrogen) atoms. The molecule has 1 aromatic rings. The molecular weight excluding hydrogens is 343 g/mol. The molecule has 0 saturated carbocycles. The van der Waals surface area contributed by atoms with Crippen LogP contribution in [0.2, 0.25) is 0 Å². The van der Waals surface area contributed by atoms with Gasteiger partial charge in [0.05, 0.1) is 9.26 Å². The van der Waals surface area contributed by atoms with Crippen molar-refractivity contribution in [3.63, 3.8) is 0 Å². The summed E-state index contributed by atoms with van der Waals surface area (Å²) in [6.45, 7) is 4.36. The Morgan fingerprint density at radius 2 is 2.31 bits per heavy atom. The first-order chi connectivity index (χ1) is 6.16. The molecule has 4 heteroatoms. The van der Waals surface area contributed by atoms with Crippen LogP contribution in [0, 0.1) is 3.57 Å². The molecule has 72 valence electrons. The molecule has 0 fully saturated rings. The molecule has 0 aliphatic rings. The molecule has 0 saturated heterocycles. The SMILES string of the molecule is CCC(Br)C(C)c1ncncc1I. The maximum Gasteiger partial charge on any atom is 0.115 e. The zero-order valence-electron chi connectivity index (χ0n) is 7.67. The van der Waals surface area contributed by atoms with E-state index in [-0.39, 0.29) is 0 Å². The largest absolute Gasteiger partial charge is 0.244 e. The summed E-state index contributed by atoms with van der Waals surface area (Å²) in [4.78, 5) is 8.77. The Kier molecular flexibility index (Phi) is 4.58. The van der Waals surface area contributed by atoms with Crippen molar-refractivity contribution in [3.05, 3.63) is 21.8 Å². The molecule has 0 amide bonds. The standard InChI is InChI=1S/C9H12BrIN2/c1-3-7(10)6(2)9-8(11)4-12-5-13-9/h4-7H,3H2,1-2H3. The number of aromatic nitrogens is 2. The van der Waals surface area contributed by atoms with E-state index in [0.29, 0.717) is 10.7 Å². The van der Waals surface area contributed by atoms with E-state index in [4.69, 9.17) is 0 Å². The minimum atomic E-state index is 0.444. The monoisotopic (exact) mass is 354 g/mol. The predicted molar refractivity (Wildman–Crippen MR) is 66.2 cm³/mol. The van der Waals surface area contributed by atoms with Crippen molar-refractivity contribution in [2.24, 2.45) is 0 Å². The minimum Gasteiger partial charge on any atom is -0.244 e. The molecule has 0 aliphatic carbocycles. The van der Waals surface area contributed by atoms with Gasteiger partial charge in [-0.15, -0.1) is 0 Å². The Hall–Kier alpha value is 0.290. The smallest absolute Gasteiger partial charge is 0.115 e. The first-order valence-corrected chi connectivity index (χ1v) is 6.25. The molecule has 0 radical (unpaired) electrons. The average Bonchev–Trinajstić information content (AvgIpc) is 2.16. The van der Waals surface area contributed by atoms with Crippen molar-refractivity contribution in [1.29, 1.82) is 0 Å². The van der Waals surface area contributed by atoms with Gasteiger partial charge < -0.3 is 0 Å². The Morgan fingerprint density at radius 3 is 2.85 bits per heavy atom. The number of rotatable bonds is 3. The topological polar surface area (TPSA) is 25.8 Å². The average molecular weight is 355 g/mol. The fourth-order valence-corrected chi connectivity index (χ4v) is 2.22. The van der Waals surface area contributed by atoms with Crippen LogP contribution >= 0.6 is 38.5 Å². The highest BCUT2D eigenvalue weighted by Crippen LogP contribution is 2.27. The first-order valence-electron chi connectivity index (χ1n) is 4.26. The lowest BCUT2D eigenvalue weighted by Crippen LogP contribution is -2.11. The Bertz CT molecular complexity index is 280. The second kappa shape index (κ2) is 5.24. The number of nitrogens with zero attached hydrogens (tertiary/aromatic N) is 2. The lowest BCUT2D eigenvalue weighted by molar-refractivity contribution is 0.668. The summed E-state index contributed by atoms with van der Waals surface area (Å²) in [6.07, 6.45) is 4.58. The molecule has 1 heterocycles. The normalized spacial score (nSPS) is 15.4. The molecule has 1 rings (SSSR count). The van der Waals surface area contributed by atoms with Crippen LogP contribution in [0.1, 0.15) is 31.9 Å². The Labute approximate surface area is 101 Å². The zero-order chi connectivity index (χ0) is 9.84. The fourth-order valence-electron chi connectivity index (χ4n) is 1.18. The summed E-state index contributed by atoms with van der Waals surface area (Å²) in [5.41, 5.74) is 1.14. The number of hydrogen-bond acceptors (Lipinski definition) is 2. The Morgan fingerprint density at radius 1 is 1.62 bits per heavy atom. The molecule has 0 spiro atoms. The van der Waals surface area contributed by atoms with E-state index in [2.05, 4.69) is 62.3 Å². The highest BCUT2D eigenvalue weighted by molar-refractivity contribution is 14.1. The Balaban J connectivity index is 2.88. The van der Waals surface area contributed by atoms with Crippen molar-refractivity contribution >= 4 is 38.5 Å². The van der Waals surface area contributed by atoms with E-state index in [1.807, 2.05) is 6.20 Å². The van der Waals surface area contributed by atoms with Crippen LogP contribution in [0.15, 0.2) is 12.5 Å². The second-order valence-corrected chi connectivity index (χ2v) is 5.31. The number of hydrogen-bond donors (Lipinski definition) is 0. The van der Waals surface area contributed by atoms with Gasteiger partial charge in [-0.2, -0.15) is 0 Å². The van der Waals surface area contributed by atoms with Gasteiger partial charge in [-0.25, -0.2) is 9.97 Å². The maximum atomic E-state index is 4.30. The van der Waals surface area contributed by atoms with Gasteiger partial charge in [0.25, 0.3) is 0 Å². The van der Waals surface area contributed by atoms with Crippen LogP contribution in [0.4, 0.5) is 0 Å². The molecule has 1 aromatic heterocycles. The molecule has 2 nitrogen and oxygen atoms in total. The fraction of sp³-hybridized carbons (Fsp3) is 0.556. The van der Waals surface area contributed by atoms with Crippen molar-refractivity contribution < 1.29 is 0 Å². The van der Waals surface area contributed by atoms with Gasteiger partial charge in [-0.1, -0.05) is 29.8 Å². The van der Waals surface area contributed by atoms with E-state index in [1.165, 1.54) is 0 Å². The predicted octanol–water partition coefficient (Wildman–Crippen LogP) is 3.36. The van der Waals surface area contributed by atoms with Gasteiger partial charge in [-0.05, 0) is 29.0 Å². The molecule has 2 unspecified atom stereocenters. The summed E-state index contributed by atoms with van der Waals surface area (Å²) in [5, 5.41) is 0. The van der Waals surface area contributed by atoms with E-state index >= 15 is 0 Å². The van der Waals surface area contributed by atoms with Crippen molar-refractivity contribution in [2.45, 2.75) is 31.0 Å². The summed E-state index contributed by atoms with van der Waals surface area (Å²) >= 11 is 5.93. The highest BCUT2D eigenvalue weighted by atomic mass is 127. The number of alkyl halides is 1. The third kappa shape index (κ3) is 2.87. The van der Waals surface area contributed by atoms with Gasteiger partial charge in [0.2, 0.25) is 0 Å². The second-order valence-electron chi connectivity index (χ2n) is 2.97. The summed E-state index contributed by atoms with van der Waals surface area (Å²) in [7, 11) is 0. The summed E-state index contributed by atoms with van der Waals surface area (Å²) in [6, 6.07) is 0. The van der Waals surface area contributed by atoms with E-state index in [9.17, 15) is 0 Å². The third-order valence-electron chi connectivity index (χ3n) is 2.06. The maximum absolute atomic E-state index is 4.30. The summed E-state index contributed by atoms with van der Waals surface area (Å²) < 4.78 is 1.14. The van der Waals surface area contributed by atoms with Crippen LogP contribution in [0.5, 0.6) is 0 Å². The zero-order valence-corrected chi connectivity index (χ0v) is 11.4. The van der Waals surface area contributed by atoms with E-state index in [1.54, 1.807) is 6.33 Å². The van der Waals surface area contributed by atoms with Gasteiger partial charge in [0, 0.05) is 16.9 Å². The van der Waals surface area contributed by atoms with Gasteiger partial charge in [-0.3, -0.25) is 0 Å². The first kappa shape index (κ1) is 11.4. The van der Waals surface area contributed by atoms with Crippen LogP contribution < -0.4 is 0 Å². The number of halogens is 2. The van der Waals surface area contributed by atoms with Crippen LogP contribution in [-0.2, 0) is 0 Å². The minimum absolute atomic E-state index is 0.444. The quantitative estimate of drug-likeness (QED) is 0.614. The lowest BCUT2D eigenvalue weighted by atomic mass is 10.0. The molecule has 0 aliphatic heterocycles. The molecule has 0 N–H and O–H groups in total. The molecule has 2 atom stereocenters. The van der Waals surface area contributed by atoms with Gasteiger partial charge in [0.15, 0.2) is 0 Å². The van der Waals surface area contributed by atoms with E-state index in [0.717, 1.165) is 15.7 Å². The third-order valence-corrected chi connectivity index (χ3v) is 4.33. The van der Waals surface area contributed by atoms with Crippen molar-refractivity contribution in [2.75, 3.05) is 0 Å².